The number of carbonyl (C=O) groups excluding carboxylic acids is 2. The lowest BCUT2D eigenvalue weighted by Gasteiger charge is -2.47. The molecule has 5 heteroatoms. The van der Waals surface area contributed by atoms with Gasteiger partial charge in [0.25, 0.3) is 0 Å². The van der Waals surface area contributed by atoms with E-state index in [1.54, 1.807) is 6.92 Å². The number of nitrogens with zero attached hydrogens (tertiary/aromatic N) is 3. The maximum atomic E-state index is 13.3. The minimum absolute atomic E-state index is 0.0643. The molecular weight excluding hydrogens is 302 g/mol. The van der Waals surface area contributed by atoms with Crippen LogP contribution in [0.1, 0.15) is 47.0 Å². The van der Waals surface area contributed by atoms with E-state index in [1.165, 1.54) is 0 Å². The fourth-order valence-electron chi connectivity index (χ4n) is 5.49. The van der Waals surface area contributed by atoms with Gasteiger partial charge >= 0.3 is 0 Å². The lowest BCUT2D eigenvalue weighted by Crippen LogP contribution is -2.53. The van der Waals surface area contributed by atoms with Crippen molar-refractivity contribution in [3.05, 3.63) is 0 Å². The standard InChI is InChI=1S/C19H33N3O2/c1-5-21-11-8-19(17(21)24)14-20(12-15(2)3)13-18(19)6-9-22(10-7-18)16(4)23/h15H,5-14H2,1-4H3/t19-/m0/s1. The average molecular weight is 335 g/mol. The zero-order valence-electron chi connectivity index (χ0n) is 15.8. The molecule has 24 heavy (non-hydrogen) atoms. The van der Waals surface area contributed by atoms with Crippen molar-refractivity contribution >= 4 is 11.8 Å². The zero-order valence-corrected chi connectivity index (χ0v) is 15.8. The molecule has 1 atom stereocenters. The van der Waals surface area contributed by atoms with E-state index in [2.05, 4.69) is 30.6 Å². The van der Waals surface area contributed by atoms with E-state index in [0.717, 1.165) is 65.1 Å². The van der Waals surface area contributed by atoms with Gasteiger partial charge in [0.1, 0.15) is 0 Å². The molecule has 0 aromatic carbocycles. The summed E-state index contributed by atoms with van der Waals surface area (Å²) in [6, 6.07) is 0. The molecule has 5 nitrogen and oxygen atoms in total. The number of likely N-dealkylation sites (tertiary alicyclic amines) is 3. The molecule has 0 saturated carbocycles. The van der Waals surface area contributed by atoms with Gasteiger partial charge in [-0.25, -0.2) is 0 Å². The van der Waals surface area contributed by atoms with Crippen molar-refractivity contribution in [2.45, 2.75) is 47.0 Å². The molecule has 0 unspecified atom stereocenters. The highest BCUT2D eigenvalue weighted by Gasteiger charge is 2.64. The second-order valence-corrected chi connectivity index (χ2v) is 8.57. The number of amides is 2. The van der Waals surface area contributed by atoms with Gasteiger partial charge in [-0.15, -0.1) is 0 Å². The van der Waals surface area contributed by atoms with E-state index in [9.17, 15) is 9.59 Å². The maximum absolute atomic E-state index is 13.3. The maximum Gasteiger partial charge on any atom is 0.230 e. The van der Waals surface area contributed by atoms with Crippen molar-refractivity contribution in [3.8, 4) is 0 Å². The number of hydrogen-bond donors (Lipinski definition) is 0. The summed E-state index contributed by atoms with van der Waals surface area (Å²) in [4.78, 5) is 31.6. The predicted octanol–water partition coefficient (Wildman–Crippen LogP) is 1.83. The Morgan fingerprint density at radius 3 is 2.29 bits per heavy atom. The smallest absolute Gasteiger partial charge is 0.230 e. The lowest BCUT2D eigenvalue weighted by atomic mass is 9.60. The molecule has 3 heterocycles. The molecule has 0 aliphatic carbocycles. The van der Waals surface area contributed by atoms with Crippen LogP contribution in [0.25, 0.3) is 0 Å². The monoisotopic (exact) mass is 335 g/mol. The van der Waals surface area contributed by atoms with Crippen LogP contribution < -0.4 is 0 Å². The van der Waals surface area contributed by atoms with E-state index in [1.807, 2.05) is 4.90 Å². The summed E-state index contributed by atoms with van der Waals surface area (Å²) in [6.07, 6.45) is 2.95. The largest absolute Gasteiger partial charge is 0.343 e. The summed E-state index contributed by atoms with van der Waals surface area (Å²) in [5.41, 5.74) is -0.143. The Balaban J connectivity index is 1.87. The highest BCUT2D eigenvalue weighted by Crippen LogP contribution is 2.57. The molecule has 3 aliphatic heterocycles. The van der Waals surface area contributed by atoms with Crippen LogP contribution in [0.5, 0.6) is 0 Å². The predicted molar refractivity (Wildman–Crippen MR) is 94.5 cm³/mol. The van der Waals surface area contributed by atoms with Crippen molar-refractivity contribution in [2.75, 3.05) is 45.8 Å². The van der Waals surface area contributed by atoms with Gasteiger partial charge in [-0.05, 0) is 32.1 Å². The van der Waals surface area contributed by atoms with Gasteiger partial charge in [-0.2, -0.15) is 0 Å². The minimum atomic E-state index is -0.208. The Labute approximate surface area is 146 Å². The van der Waals surface area contributed by atoms with Crippen LogP contribution in [-0.2, 0) is 9.59 Å². The summed E-state index contributed by atoms with van der Waals surface area (Å²) in [6.45, 7) is 14.6. The van der Waals surface area contributed by atoms with Gasteiger partial charge in [0.2, 0.25) is 11.8 Å². The van der Waals surface area contributed by atoms with Gasteiger partial charge < -0.3 is 14.7 Å². The first-order valence-electron chi connectivity index (χ1n) is 9.61. The first-order chi connectivity index (χ1) is 11.3. The summed E-state index contributed by atoms with van der Waals surface area (Å²) in [5.74, 6) is 1.17. The molecule has 0 bridgehead atoms. The third kappa shape index (κ3) is 2.65. The second kappa shape index (κ2) is 6.32. The molecule has 0 radical (unpaired) electrons. The molecule has 0 aromatic rings. The molecule has 2 spiro atoms. The number of fused-ring (bicyclic) bond motifs is 1. The van der Waals surface area contributed by atoms with Crippen molar-refractivity contribution in [1.82, 2.24) is 14.7 Å². The Kier molecular flexibility index (Phi) is 4.67. The molecule has 136 valence electrons. The van der Waals surface area contributed by atoms with Gasteiger partial charge in [-0.3, -0.25) is 9.59 Å². The quantitative estimate of drug-likeness (QED) is 0.790. The zero-order chi connectivity index (χ0) is 17.5. The Morgan fingerprint density at radius 2 is 1.79 bits per heavy atom. The van der Waals surface area contributed by atoms with Crippen LogP contribution in [0.4, 0.5) is 0 Å². The topological polar surface area (TPSA) is 43.9 Å². The van der Waals surface area contributed by atoms with Gasteiger partial charge in [-0.1, -0.05) is 13.8 Å². The molecule has 0 aromatic heterocycles. The van der Waals surface area contributed by atoms with Crippen molar-refractivity contribution in [3.63, 3.8) is 0 Å². The van der Waals surface area contributed by atoms with E-state index in [-0.39, 0.29) is 16.7 Å². The molecular formula is C19H33N3O2. The number of rotatable bonds is 3. The van der Waals surface area contributed by atoms with E-state index < -0.39 is 0 Å². The van der Waals surface area contributed by atoms with Crippen LogP contribution in [0.2, 0.25) is 0 Å². The molecule has 3 saturated heterocycles. The second-order valence-electron chi connectivity index (χ2n) is 8.57. The van der Waals surface area contributed by atoms with Crippen molar-refractivity contribution < 1.29 is 9.59 Å². The van der Waals surface area contributed by atoms with Crippen molar-refractivity contribution in [2.24, 2.45) is 16.7 Å². The molecule has 3 rings (SSSR count). The number of piperidine rings is 1. The van der Waals surface area contributed by atoms with Crippen LogP contribution in [0.3, 0.4) is 0 Å². The summed E-state index contributed by atoms with van der Waals surface area (Å²) in [5, 5.41) is 0. The first-order valence-corrected chi connectivity index (χ1v) is 9.61. The highest BCUT2D eigenvalue weighted by molar-refractivity contribution is 5.86. The van der Waals surface area contributed by atoms with Gasteiger partial charge in [0.05, 0.1) is 5.41 Å². The van der Waals surface area contributed by atoms with Crippen LogP contribution in [0.15, 0.2) is 0 Å². The normalized spacial score (nSPS) is 30.3. The SMILES string of the molecule is CCN1CC[C@]2(CN(CC(C)C)CC23CCN(C(C)=O)CC3)C1=O. The average Bonchev–Trinajstić information content (AvgIpc) is 2.99. The summed E-state index contributed by atoms with van der Waals surface area (Å²) in [7, 11) is 0. The lowest BCUT2D eigenvalue weighted by molar-refractivity contribution is -0.143. The molecule has 3 fully saturated rings. The van der Waals surface area contributed by atoms with Crippen LogP contribution in [-0.4, -0.2) is 72.3 Å². The van der Waals surface area contributed by atoms with Crippen LogP contribution >= 0.6 is 0 Å². The third-order valence-electron chi connectivity index (χ3n) is 6.71. The Hall–Kier alpha value is -1.10. The van der Waals surface area contributed by atoms with Gasteiger partial charge in [0, 0.05) is 58.2 Å². The van der Waals surface area contributed by atoms with Gasteiger partial charge in [0.15, 0.2) is 0 Å². The fourth-order valence-corrected chi connectivity index (χ4v) is 5.49. The van der Waals surface area contributed by atoms with E-state index in [4.69, 9.17) is 0 Å². The number of carbonyl (C=O) groups is 2. The fraction of sp³-hybridized carbons (Fsp3) is 0.895. The van der Waals surface area contributed by atoms with Crippen LogP contribution in [0, 0.1) is 16.7 Å². The minimum Gasteiger partial charge on any atom is -0.343 e. The van der Waals surface area contributed by atoms with E-state index >= 15 is 0 Å². The molecule has 2 amide bonds. The molecule has 3 aliphatic rings. The Morgan fingerprint density at radius 1 is 1.12 bits per heavy atom. The summed E-state index contributed by atoms with van der Waals surface area (Å²) >= 11 is 0. The first kappa shape index (κ1) is 17.7. The number of hydrogen-bond acceptors (Lipinski definition) is 3. The van der Waals surface area contributed by atoms with Crippen molar-refractivity contribution in [1.29, 1.82) is 0 Å². The molecule has 0 N–H and O–H groups in total. The Bertz CT molecular complexity index is 511. The highest BCUT2D eigenvalue weighted by atomic mass is 16.2. The summed E-state index contributed by atoms with van der Waals surface area (Å²) < 4.78 is 0. The third-order valence-corrected chi connectivity index (χ3v) is 6.71. The van der Waals surface area contributed by atoms with E-state index in [0.29, 0.717) is 11.8 Å².